The first kappa shape index (κ1) is 25.8. The number of hydrogen-bond donors (Lipinski definition) is 2. The van der Waals surface area contributed by atoms with Crippen LogP contribution in [0.4, 0.5) is 0 Å². The van der Waals surface area contributed by atoms with Crippen LogP contribution in [-0.4, -0.2) is 54.3 Å². The van der Waals surface area contributed by atoms with Crippen molar-refractivity contribution in [2.24, 2.45) is 5.92 Å². The molecule has 2 aromatic rings. The second-order valence-corrected chi connectivity index (χ2v) is 10.2. The molecule has 7 nitrogen and oxygen atoms in total. The summed E-state index contributed by atoms with van der Waals surface area (Å²) < 4.78 is 16.6. The minimum atomic E-state index is -0.728. The maximum absolute atomic E-state index is 11.3. The lowest BCUT2D eigenvalue weighted by molar-refractivity contribution is 0.0843. The first-order valence-corrected chi connectivity index (χ1v) is 13.3. The van der Waals surface area contributed by atoms with Gasteiger partial charge in [0.2, 0.25) is 0 Å². The van der Waals surface area contributed by atoms with Crippen molar-refractivity contribution in [3.63, 3.8) is 0 Å². The van der Waals surface area contributed by atoms with Gasteiger partial charge in [0.25, 0.3) is 0 Å². The molecule has 1 aromatic heterocycles. The van der Waals surface area contributed by atoms with Gasteiger partial charge in [-0.15, -0.1) is 0 Å². The number of allylic oxidation sites excluding steroid dienone is 3. The van der Waals surface area contributed by atoms with E-state index >= 15 is 0 Å². The molecule has 3 heterocycles. The summed E-state index contributed by atoms with van der Waals surface area (Å²) >= 11 is 6.54. The molecule has 0 bridgehead atoms. The molecule has 37 heavy (non-hydrogen) atoms. The maximum atomic E-state index is 11.3. The Morgan fingerprint density at radius 1 is 1.32 bits per heavy atom. The summed E-state index contributed by atoms with van der Waals surface area (Å²) in [5.41, 5.74) is 2.79. The Morgan fingerprint density at radius 3 is 3.03 bits per heavy atom. The Morgan fingerprint density at radius 2 is 2.24 bits per heavy atom. The number of pyridine rings is 1. The van der Waals surface area contributed by atoms with Gasteiger partial charge >= 0.3 is 0 Å². The van der Waals surface area contributed by atoms with Gasteiger partial charge in [-0.1, -0.05) is 29.8 Å². The van der Waals surface area contributed by atoms with E-state index in [-0.39, 0.29) is 6.04 Å². The van der Waals surface area contributed by atoms with Crippen molar-refractivity contribution < 1.29 is 19.3 Å². The molecule has 8 heteroatoms. The molecule has 1 fully saturated rings. The number of nitrogens with one attached hydrogen (secondary N) is 1. The van der Waals surface area contributed by atoms with Gasteiger partial charge in [0.1, 0.15) is 24.5 Å². The molecule has 0 saturated carbocycles. The van der Waals surface area contributed by atoms with Crippen LogP contribution in [0.2, 0.25) is 5.02 Å². The molecular weight excluding hydrogens is 490 g/mol. The first-order valence-electron chi connectivity index (χ1n) is 12.9. The quantitative estimate of drug-likeness (QED) is 0.465. The average molecular weight is 524 g/mol. The number of nitrogens with zero attached hydrogens (tertiary/aromatic N) is 2. The highest BCUT2D eigenvalue weighted by Gasteiger charge is 2.27. The van der Waals surface area contributed by atoms with Crippen molar-refractivity contribution in [2.45, 2.75) is 37.8 Å². The van der Waals surface area contributed by atoms with E-state index in [4.69, 9.17) is 25.8 Å². The monoisotopic (exact) mass is 523 g/mol. The molecule has 2 aliphatic heterocycles. The van der Waals surface area contributed by atoms with Gasteiger partial charge < -0.3 is 29.5 Å². The van der Waals surface area contributed by atoms with Crippen LogP contribution in [0, 0.1) is 5.92 Å². The van der Waals surface area contributed by atoms with Gasteiger partial charge in [-0.05, 0) is 61.9 Å². The molecule has 5 rings (SSSR count). The fourth-order valence-corrected chi connectivity index (χ4v) is 5.70. The molecule has 0 spiro atoms. The Kier molecular flexibility index (Phi) is 8.46. The van der Waals surface area contributed by atoms with E-state index in [1.807, 2.05) is 18.2 Å². The molecule has 1 aromatic carbocycles. The number of hydrogen-bond acceptors (Lipinski definition) is 7. The maximum Gasteiger partial charge on any atom is 0.159 e. The van der Waals surface area contributed by atoms with Crippen molar-refractivity contribution in [3.05, 3.63) is 83.3 Å². The molecule has 0 amide bonds. The summed E-state index contributed by atoms with van der Waals surface area (Å²) in [7, 11) is 1.63. The van der Waals surface area contributed by atoms with Gasteiger partial charge in [0.15, 0.2) is 5.76 Å². The van der Waals surface area contributed by atoms with Gasteiger partial charge in [-0.3, -0.25) is 4.98 Å². The lowest BCUT2D eigenvalue weighted by atomic mass is 9.93. The van der Waals surface area contributed by atoms with E-state index in [0.29, 0.717) is 28.8 Å². The van der Waals surface area contributed by atoms with Crippen LogP contribution in [0.1, 0.15) is 37.4 Å². The topological polar surface area (TPSA) is 76.1 Å². The number of benzene rings is 1. The van der Waals surface area contributed by atoms with E-state index in [1.165, 1.54) is 11.8 Å². The number of β-amino-alcohol motifs (C(OH)–C–C–N with tert-alkyl or cyclic N) is 1. The molecule has 2 N–H and O–H groups in total. The number of methoxy groups -OCH3 is 1. The van der Waals surface area contributed by atoms with Crippen molar-refractivity contribution in [1.29, 1.82) is 0 Å². The third-order valence-corrected chi connectivity index (χ3v) is 7.57. The van der Waals surface area contributed by atoms with E-state index in [0.717, 1.165) is 62.0 Å². The van der Waals surface area contributed by atoms with E-state index in [1.54, 1.807) is 25.8 Å². The fraction of sp³-hybridized carbons (Fsp3) is 0.414. The lowest BCUT2D eigenvalue weighted by Crippen LogP contribution is -2.44. The van der Waals surface area contributed by atoms with Crippen molar-refractivity contribution in [3.8, 4) is 5.75 Å². The van der Waals surface area contributed by atoms with Crippen LogP contribution in [0.5, 0.6) is 5.75 Å². The summed E-state index contributed by atoms with van der Waals surface area (Å²) in [5.74, 6) is 1.94. The third kappa shape index (κ3) is 6.18. The van der Waals surface area contributed by atoms with Gasteiger partial charge in [0, 0.05) is 36.8 Å². The largest absolute Gasteiger partial charge is 0.497 e. The Bertz CT molecular complexity index is 1230. The van der Waals surface area contributed by atoms with Gasteiger partial charge in [-0.25, -0.2) is 0 Å². The number of fused-ring (bicyclic) bond motifs is 1. The predicted molar refractivity (Wildman–Crippen MR) is 145 cm³/mol. The number of likely N-dealkylation sites (tertiary alicyclic amines) is 1. The summed E-state index contributed by atoms with van der Waals surface area (Å²) in [5, 5.41) is 16.3. The third-order valence-electron chi connectivity index (χ3n) is 7.27. The van der Waals surface area contributed by atoms with Crippen LogP contribution >= 0.6 is 11.6 Å². The van der Waals surface area contributed by atoms with Crippen LogP contribution in [0.25, 0.3) is 10.9 Å². The Balaban J connectivity index is 1.25. The first-order chi connectivity index (χ1) is 18.1. The Hall–Kier alpha value is -2.84. The highest BCUT2D eigenvalue weighted by molar-refractivity contribution is 6.32. The molecular formula is C29H34ClN3O4. The van der Waals surface area contributed by atoms with E-state index in [2.05, 4.69) is 33.4 Å². The summed E-state index contributed by atoms with van der Waals surface area (Å²) in [6.07, 6.45) is 16.4. The number of ether oxygens (including phenoxy) is 3. The Labute approximate surface area is 223 Å². The standard InChI is InChI=1S/C29H34ClN3O4/c1-35-22-9-10-25-23(14-22)28(24(30)16-31-25)26(34)18-33-11-5-6-20(17-33)15-32-29(21-7-3-2-4-8-21)27-19-36-12-13-37-27/h2-3,7,9-10,12-14,16,19-20,26,29,32,34H,4-6,8,11,15,17-18H2,1H3. The SMILES string of the molecule is COc1ccc2ncc(Cl)c(C(O)CN3CCCC(CNC(C4=CC=CCC4)C4=COC=CO4)C3)c2c1. The molecule has 196 valence electrons. The van der Waals surface area contributed by atoms with Crippen LogP contribution in [-0.2, 0) is 9.47 Å². The molecule has 3 aliphatic rings. The molecule has 3 atom stereocenters. The number of piperidine rings is 1. The lowest BCUT2D eigenvalue weighted by Gasteiger charge is -2.35. The normalized spacial score (nSPS) is 21.5. The highest BCUT2D eigenvalue weighted by atomic mass is 35.5. The summed E-state index contributed by atoms with van der Waals surface area (Å²) in [4.78, 5) is 6.76. The fourth-order valence-electron chi connectivity index (χ4n) is 5.42. The zero-order chi connectivity index (χ0) is 25.6. The highest BCUT2D eigenvalue weighted by Crippen LogP contribution is 2.33. The molecule has 0 radical (unpaired) electrons. The van der Waals surface area contributed by atoms with Crippen molar-refractivity contribution in [1.82, 2.24) is 15.2 Å². The number of aromatic nitrogens is 1. The number of aliphatic hydroxyl groups excluding tert-OH is 1. The predicted octanol–water partition coefficient (Wildman–Crippen LogP) is 5.24. The summed E-state index contributed by atoms with van der Waals surface area (Å²) in [6.45, 7) is 3.21. The number of rotatable bonds is 9. The van der Waals surface area contributed by atoms with Crippen molar-refractivity contribution >= 4 is 22.5 Å². The van der Waals surface area contributed by atoms with Crippen LogP contribution in [0.3, 0.4) is 0 Å². The van der Waals surface area contributed by atoms with E-state index in [9.17, 15) is 5.11 Å². The van der Waals surface area contributed by atoms with Crippen LogP contribution in [0.15, 0.2) is 72.7 Å². The average Bonchev–Trinajstić information content (AvgIpc) is 2.94. The zero-order valence-electron chi connectivity index (χ0n) is 21.1. The van der Waals surface area contributed by atoms with Gasteiger partial charge in [-0.2, -0.15) is 0 Å². The van der Waals surface area contributed by atoms with Crippen molar-refractivity contribution in [2.75, 3.05) is 33.3 Å². The van der Waals surface area contributed by atoms with Crippen LogP contribution < -0.4 is 10.1 Å². The molecule has 1 aliphatic carbocycles. The number of halogens is 1. The molecule has 1 saturated heterocycles. The van der Waals surface area contributed by atoms with Gasteiger partial charge in [0.05, 0.1) is 29.8 Å². The zero-order valence-corrected chi connectivity index (χ0v) is 21.9. The molecule has 3 unspecified atom stereocenters. The summed E-state index contributed by atoms with van der Waals surface area (Å²) in [6, 6.07) is 5.63. The number of aliphatic hydroxyl groups is 1. The second-order valence-electron chi connectivity index (χ2n) is 9.78. The minimum Gasteiger partial charge on any atom is -0.497 e. The smallest absolute Gasteiger partial charge is 0.159 e. The minimum absolute atomic E-state index is 0.0205. The van der Waals surface area contributed by atoms with E-state index < -0.39 is 6.10 Å². The second kappa shape index (κ2) is 12.1.